The Bertz CT molecular complexity index is 576. The highest BCUT2D eigenvalue weighted by Gasteiger charge is 2.39. The number of rotatable bonds is 8. The number of ether oxygens (including phenoxy) is 3. The van der Waals surface area contributed by atoms with Crippen molar-refractivity contribution in [3.8, 4) is 0 Å². The normalized spacial score (nSPS) is 25.9. The van der Waals surface area contributed by atoms with Crippen LogP contribution in [0, 0.1) is 0 Å². The first-order valence-corrected chi connectivity index (χ1v) is 8.67. The molecule has 0 bridgehead atoms. The Balaban J connectivity index is 1.56. The molecule has 0 N–H and O–H groups in total. The van der Waals surface area contributed by atoms with Crippen LogP contribution in [0.2, 0.25) is 0 Å². The van der Waals surface area contributed by atoms with Gasteiger partial charge in [-0.15, -0.1) is 0 Å². The summed E-state index contributed by atoms with van der Waals surface area (Å²) in [7, 11) is 1.59. The molecule has 1 amide bonds. The SMILES string of the molecule is COCOCC[C@@H]1C=C[C@@H]2[C@@H](OCc3ccccc3)CCC(=O)N2O1. The van der Waals surface area contributed by atoms with Crippen LogP contribution in [-0.4, -0.2) is 49.7 Å². The van der Waals surface area contributed by atoms with Crippen LogP contribution in [0.5, 0.6) is 0 Å². The van der Waals surface area contributed by atoms with Gasteiger partial charge in [-0.3, -0.25) is 9.63 Å². The van der Waals surface area contributed by atoms with E-state index in [1.807, 2.05) is 42.5 Å². The van der Waals surface area contributed by atoms with Gasteiger partial charge in [0.1, 0.15) is 18.9 Å². The van der Waals surface area contributed by atoms with Gasteiger partial charge in [0.2, 0.25) is 5.91 Å². The Hall–Kier alpha value is -1.73. The first-order valence-electron chi connectivity index (χ1n) is 8.67. The maximum absolute atomic E-state index is 12.2. The third kappa shape index (κ3) is 4.89. The Kier molecular flexibility index (Phi) is 6.58. The lowest BCUT2D eigenvalue weighted by atomic mass is 9.97. The van der Waals surface area contributed by atoms with E-state index in [1.165, 1.54) is 5.06 Å². The molecular formula is C19H25NO5. The van der Waals surface area contributed by atoms with Crippen molar-refractivity contribution in [2.24, 2.45) is 0 Å². The first-order chi connectivity index (χ1) is 12.3. The average molecular weight is 347 g/mol. The molecule has 0 spiro atoms. The van der Waals surface area contributed by atoms with E-state index in [1.54, 1.807) is 7.11 Å². The van der Waals surface area contributed by atoms with Gasteiger partial charge in [-0.1, -0.05) is 42.5 Å². The molecule has 6 nitrogen and oxygen atoms in total. The van der Waals surface area contributed by atoms with Gasteiger partial charge in [-0.2, -0.15) is 0 Å². The van der Waals surface area contributed by atoms with Crippen LogP contribution in [0.25, 0.3) is 0 Å². The standard InChI is InChI=1S/C19H25NO5/c1-22-14-23-12-11-16-7-8-17-18(9-10-19(21)20(17)25-16)24-13-15-5-3-2-4-6-15/h2-8,16-18H,9-14H2,1H3/t16-,17+,18-/m0/s1. The van der Waals surface area contributed by atoms with Crippen molar-refractivity contribution in [1.82, 2.24) is 5.06 Å². The summed E-state index contributed by atoms with van der Waals surface area (Å²) in [6, 6.07) is 9.88. The molecular weight excluding hydrogens is 322 g/mol. The summed E-state index contributed by atoms with van der Waals surface area (Å²) < 4.78 is 16.2. The summed E-state index contributed by atoms with van der Waals surface area (Å²) in [6.45, 7) is 1.31. The third-order valence-electron chi connectivity index (χ3n) is 4.37. The molecule has 6 heteroatoms. The number of carbonyl (C=O) groups is 1. The van der Waals surface area contributed by atoms with Crippen LogP contribution in [0.4, 0.5) is 0 Å². The van der Waals surface area contributed by atoms with Crippen molar-refractivity contribution in [3.63, 3.8) is 0 Å². The van der Waals surface area contributed by atoms with E-state index in [2.05, 4.69) is 0 Å². The fourth-order valence-corrected chi connectivity index (χ4v) is 3.06. The van der Waals surface area contributed by atoms with Crippen molar-refractivity contribution in [2.75, 3.05) is 20.5 Å². The second-order valence-electron chi connectivity index (χ2n) is 6.22. The van der Waals surface area contributed by atoms with Crippen LogP contribution in [0.15, 0.2) is 42.5 Å². The quantitative estimate of drug-likeness (QED) is 0.411. The summed E-state index contributed by atoms with van der Waals surface area (Å²) in [5, 5.41) is 1.49. The van der Waals surface area contributed by atoms with Crippen molar-refractivity contribution in [1.29, 1.82) is 0 Å². The second kappa shape index (κ2) is 9.10. The smallest absolute Gasteiger partial charge is 0.246 e. The van der Waals surface area contributed by atoms with Crippen molar-refractivity contribution in [2.45, 2.75) is 44.1 Å². The van der Waals surface area contributed by atoms with Crippen molar-refractivity contribution in [3.05, 3.63) is 48.0 Å². The maximum Gasteiger partial charge on any atom is 0.246 e. The Morgan fingerprint density at radius 1 is 1.24 bits per heavy atom. The summed E-state index contributed by atoms with van der Waals surface area (Å²) in [5.74, 6) is 0.0109. The lowest BCUT2D eigenvalue weighted by Gasteiger charge is -2.42. The van der Waals surface area contributed by atoms with E-state index in [9.17, 15) is 4.79 Å². The molecule has 3 atom stereocenters. The zero-order chi connectivity index (χ0) is 17.5. The van der Waals surface area contributed by atoms with Gasteiger partial charge in [-0.05, 0) is 12.0 Å². The third-order valence-corrected chi connectivity index (χ3v) is 4.37. The average Bonchev–Trinajstić information content (AvgIpc) is 2.66. The van der Waals surface area contributed by atoms with Crippen LogP contribution < -0.4 is 0 Å². The van der Waals surface area contributed by atoms with Crippen molar-refractivity contribution < 1.29 is 23.8 Å². The summed E-state index contributed by atoms with van der Waals surface area (Å²) in [6.07, 6.45) is 5.63. The van der Waals surface area contributed by atoms with E-state index in [4.69, 9.17) is 19.0 Å². The molecule has 2 heterocycles. The number of hydrogen-bond donors (Lipinski definition) is 0. The molecule has 1 aromatic rings. The fourth-order valence-electron chi connectivity index (χ4n) is 3.06. The lowest BCUT2D eigenvalue weighted by molar-refractivity contribution is -0.238. The first kappa shape index (κ1) is 18.1. The molecule has 2 aliphatic rings. The number of hydroxylamine groups is 2. The van der Waals surface area contributed by atoms with Gasteiger partial charge in [0.15, 0.2) is 0 Å². The molecule has 0 saturated carbocycles. The Morgan fingerprint density at radius 3 is 2.88 bits per heavy atom. The van der Waals surface area contributed by atoms with Crippen LogP contribution in [0.1, 0.15) is 24.8 Å². The minimum Gasteiger partial charge on any atom is -0.371 e. The molecule has 1 aromatic carbocycles. The molecule has 0 unspecified atom stereocenters. The summed E-state index contributed by atoms with van der Waals surface area (Å²) in [5.41, 5.74) is 1.12. The zero-order valence-corrected chi connectivity index (χ0v) is 14.5. The van der Waals surface area contributed by atoms with E-state index in [-0.39, 0.29) is 30.9 Å². The number of carbonyl (C=O) groups excluding carboxylic acids is 1. The van der Waals surface area contributed by atoms with Crippen molar-refractivity contribution >= 4 is 5.91 Å². The molecule has 0 aliphatic carbocycles. The lowest BCUT2D eigenvalue weighted by Crippen LogP contribution is -2.54. The molecule has 1 saturated heterocycles. The topological polar surface area (TPSA) is 57.2 Å². The van der Waals surface area contributed by atoms with Crippen LogP contribution in [0.3, 0.4) is 0 Å². The van der Waals surface area contributed by atoms with Gasteiger partial charge in [-0.25, -0.2) is 5.06 Å². The predicted octanol–water partition coefficient (Wildman–Crippen LogP) is 2.44. The molecule has 0 aromatic heterocycles. The van der Waals surface area contributed by atoms with Gasteiger partial charge in [0, 0.05) is 20.0 Å². The van der Waals surface area contributed by atoms with Crippen LogP contribution in [-0.2, 0) is 30.4 Å². The highest BCUT2D eigenvalue weighted by molar-refractivity contribution is 5.77. The highest BCUT2D eigenvalue weighted by atomic mass is 16.7. The molecule has 25 heavy (non-hydrogen) atoms. The number of nitrogens with zero attached hydrogens (tertiary/aromatic N) is 1. The van der Waals surface area contributed by atoms with E-state index in [0.717, 1.165) is 5.56 Å². The molecule has 2 aliphatic heterocycles. The van der Waals surface area contributed by atoms with Gasteiger partial charge < -0.3 is 14.2 Å². The maximum atomic E-state index is 12.2. The zero-order valence-electron chi connectivity index (χ0n) is 14.5. The second-order valence-corrected chi connectivity index (χ2v) is 6.22. The fraction of sp³-hybridized carbons (Fsp3) is 0.526. The largest absolute Gasteiger partial charge is 0.371 e. The monoisotopic (exact) mass is 347 g/mol. The Labute approximate surface area is 148 Å². The van der Waals surface area contributed by atoms with E-state index in [0.29, 0.717) is 32.5 Å². The minimum atomic E-state index is -0.166. The molecule has 1 fully saturated rings. The summed E-state index contributed by atoms with van der Waals surface area (Å²) >= 11 is 0. The number of benzene rings is 1. The van der Waals surface area contributed by atoms with Gasteiger partial charge in [0.25, 0.3) is 0 Å². The molecule has 0 radical (unpaired) electrons. The number of amides is 1. The highest BCUT2D eigenvalue weighted by Crippen LogP contribution is 2.28. The number of methoxy groups -OCH3 is 1. The van der Waals surface area contributed by atoms with E-state index < -0.39 is 0 Å². The van der Waals surface area contributed by atoms with Gasteiger partial charge >= 0.3 is 0 Å². The Morgan fingerprint density at radius 2 is 2.08 bits per heavy atom. The molecule has 136 valence electrons. The number of hydrogen-bond acceptors (Lipinski definition) is 5. The number of piperidine rings is 1. The van der Waals surface area contributed by atoms with Crippen LogP contribution >= 0.6 is 0 Å². The minimum absolute atomic E-state index is 0.0109. The number of fused-ring (bicyclic) bond motifs is 1. The van der Waals surface area contributed by atoms with E-state index >= 15 is 0 Å². The predicted molar refractivity (Wildman–Crippen MR) is 91.3 cm³/mol. The summed E-state index contributed by atoms with van der Waals surface area (Å²) in [4.78, 5) is 18.1. The molecule has 3 rings (SSSR count). The van der Waals surface area contributed by atoms with Gasteiger partial charge in [0.05, 0.1) is 19.3 Å².